The molecule has 160 valence electrons. The summed E-state index contributed by atoms with van der Waals surface area (Å²) in [6.45, 7) is 2.06. The van der Waals surface area contributed by atoms with Gasteiger partial charge in [0, 0.05) is 30.2 Å². The molecule has 2 nitrogen and oxygen atoms in total. The molecule has 2 aliphatic rings. The molecule has 2 aliphatic heterocycles. The second-order valence-electron chi connectivity index (χ2n) is 7.61. The van der Waals surface area contributed by atoms with E-state index in [4.69, 9.17) is 0 Å². The molecule has 0 bridgehead atoms. The first-order valence-corrected chi connectivity index (χ1v) is 14.9. The highest BCUT2D eigenvalue weighted by molar-refractivity contribution is 8.19. The first-order chi connectivity index (χ1) is 15.7. The van der Waals surface area contributed by atoms with Crippen LogP contribution < -0.4 is 0 Å². The van der Waals surface area contributed by atoms with Gasteiger partial charge in [-0.15, -0.1) is 47.0 Å². The molecule has 0 saturated heterocycles. The number of aromatic nitrogens is 1. The minimum absolute atomic E-state index is 0.171. The van der Waals surface area contributed by atoms with Crippen molar-refractivity contribution in [2.45, 2.75) is 45.5 Å². The van der Waals surface area contributed by atoms with Gasteiger partial charge in [-0.1, -0.05) is 42.0 Å². The lowest BCUT2D eigenvalue weighted by molar-refractivity contribution is 0.682. The van der Waals surface area contributed by atoms with Crippen LogP contribution in [0.15, 0.2) is 108 Å². The molecule has 3 aromatic carbocycles. The van der Waals surface area contributed by atoms with E-state index < -0.39 is 10.8 Å². The van der Waals surface area contributed by atoms with Gasteiger partial charge in [-0.2, -0.15) is 0 Å². The number of thioether (sulfide) groups is 4. The summed E-state index contributed by atoms with van der Waals surface area (Å²) in [5.74, 6) is 0. The van der Waals surface area contributed by atoms with E-state index in [1.54, 1.807) is 0 Å². The highest BCUT2D eigenvalue weighted by atomic mass is 32.2. The van der Waals surface area contributed by atoms with Crippen molar-refractivity contribution in [3.05, 3.63) is 95.8 Å². The van der Waals surface area contributed by atoms with Crippen molar-refractivity contribution in [3.63, 3.8) is 0 Å². The quantitative estimate of drug-likeness (QED) is 0.299. The molecule has 0 amide bonds. The van der Waals surface area contributed by atoms with Crippen LogP contribution in [0.5, 0.6) is 0 Å². The van der Waals surface area contributed by atoms with Gasteiger partial charge >= 0.3 is 0 Å². The van der Waals surface area contributed by atoms with Crippen LogP contribution in [0.2, 0.25) is 0 Å². The molecule has 7 heteroatoms. The Morgan fingerprint density at radius 3 is 1.75 bits per heavy atom. The van der Waals surface area contributed by atoms with Gasteiger partial charge in [0.15, 0.2) is 0 Å². The average Bonchev–Trinajstić information content (AvgIpc) is 3.54. The molecule has 1 atom stereocenters. The summed E-state index contributed by atoms with van der Waals surface area (Å²) in [5, 5.41) is 0. The van der Waals surface area contributed by atoms with Crippen molar-refractivity contribution in [2.24, 2.45) is 0 Å². The Morgan fingerprint density at radius 1 is 0.719 bits per heavy atom. The molecule has 6 rings (SSSR count). The van der Waals surface area contributed by atoms with Crippen LogP contribution in [0, 0.1) is 6.92 Å². The van der Waals surface area contributed by atoms with E-state index in [9.17, 15) is 4.21 Å². The number of aryl methyl sites for hydroxylation is 1. The predicted molar refractivity (Wildman–Crippen MR) is 138 cm³/mol. The summed E-state index contributed by atoms with van der Waals surface area (Å²) >= 11 is 7.43. The van der Waals surface area contributed by atoms with Crippen LogP contribution in [0.4, 0.5) is 0 Å². The van der Waals surface area contributed by atoms with Gasteiger partial charge in [-0.05, 0) is 49.4 Å². The van der Waals surface area contributed by atoms with Gasteiger partial charge in [-0.25, -0.2) is 4.21 Å². The molecule has 0 fully saturated rings. The third-order valence-electron chi connectivity index (χ3n) is 5.39. The molecule has 0 radical (unpaired) electrons. The predicted octanol–water partition coefficient (Wildman–Crippen LogP) is 8.28. The highest BCUT2D eigenvalue weighted by Gasteiger charge is 2.33. The number of H-pyrrole nitrogens is 1. The smallest absolute Gasteiger partial charge is 0.101 e. The Bertz CT molecular complexity index is 1280. The lowest BCUT2D eigenvalue weighted by atomic mass is 10.2. The van der Waals surface area contributed by atoms with Gasteiger partial charge in [0.2, 0.25) is 0 Å². The molecule has 32 heavy (non-hydrogen) atoms. The van der Waals surface area contributed by atoms with Crippen LogP contribution in [0.3, 0.4) is 0 Å². The third kappa shape index (κ3) is 3.88. The molecule has 1 N–H and O–H groups in total. The van der Waals surface area contributed by atoms with E-state index in [0.717, 1.165) is 21.2 Å². The number of aromatic amines is 1. The standard InChI is InChI=1S/C25H19NOS5/c1-15-10-12-16(13-11-15)32(27)22-14-17(24-28-18-6-2-3-7-19(18)29-24)26-23(22)25-30-20-8-4-5-9-21(20)31-25/h2-14,24-26H,1H3. The lowest BCUT2D eigenvalue weighted by Gasteiger charge is -2.10. The fraction of sp³-hybridized carbons (Fsp3) is 0.120. The van der Waals surface area contributed by atoms with E-state index in [-0.39, 0.29) is 9.16 Å². The Kier molecular flexibility index (Phi) is 5.72. The van der Waals surface area contributed by atoms with E-state index in [2.05, 4.69) is 66.5 Å². The molecule has 1 unspecified atom stereocenters. The first-order valence-electron chi connectivity index (χ1n) is 10.2. The van der Waals surface area contributed by atoms with Gasteiger partial charge < -0.3 is 4.98 Å². The van der Waals surface area contributed by atoms with Crippen LogP contribution in [-0.4, -0.2) is 9.19 Å². The van der Waals surface area contributed by atoms with E-state index in [1.807, 2.05) is 71.3 Å². The summed E-state index contributed by atoms with van der Waals surface area (Å²) in [5.41, 5.74) is 3.38. The average molecular weight is 510 g/mol. The monoisotopic (exact) mass is 509 g/mol. The SMILES string of the molecule is Cc1ccc(S(=O)c2cc(C3Sc4ccccc4S3)[nH]c2C2Sc3ccccc3S2)cc1. The van der Waals surface area contributed by atoms with Gasteiger partial charge in [0.25, 0.3) is 0 Å². The van der Waals surface area contributed by atoms with E-state index in [0.29, 0.717) is 0 Å². The van der Waals surface area contributed by atoms with Crippen molar-refractivity contribution in [1.82, 2.24) is 4.98 Å². The summed E-state index contributed by atoms with van der Waals surface area (Å²) in [6.07, 6.45) is 0. The molecular weight excluding hydrogens is 491 g/mol. The van der Waals surface area contributed by atoms with Gasteiger partial charge in [0.05, 0.1) is 26.0 Å². The highest BCUT2D eigenvalue weighted by Crippen LogP contribution is 2.60. The van der Waals surface area contributed by atoms with Crippen molar-refractivity contribution in [3.8, 4) is 0 Å². The van der Waals surface area contributed by atoms with Crippen molar-refractivity contribution >= 4 is 57.8 Å². The van der Waals surface area contributed by atoms with Crippen molar-refractivity contribution in [2.75, 3.05) is 0 Å². The van der Waals surface area contributed by atoms with Crippen molar-refractivity contribution in [1.29, 1.82) is 0 Å². The fourth-order valence-electron chi connectivity index (χ4n) is 3.76. The molecule has 1 aromatic heterocycles. The number of hydrogen-bond donors (Lipinski definition) is 1. The Morgan fingerprint density at radius 2 is 1.22 bits per heavy atom. The second kappa shape index (κ2) is 8.69. The van der Waals surface area contributed by atoms with Crippen molar-refractivity contribution < 1.29 is 4.21 Å². The third-order valence-corrected chi connectivity index (χ3v) is 12.5. The summed E-state index contributed by atoms with van der Waals surface area (Å²) in [7, 11) is -1.23. The van der Waals surface area contributed by atoms with E-state index in [1.165, 1.54) is 25.1 Å². The number of rotatable bonds is 4. The Labute approximate surface area is 207 Å². The van der Waals surface area contributed by atoms with Gasteiger partial charge in [-0.3, -0.25) is 0 Å². The topological polar surface area (TPSA) is 32.9 Å². The Balaban J connectivity index is 1.39. The molecule has 3 heterocycles. The number of fused-ring (bicyclic) bond motifs is 2. The minimum Gasteiger partial charge on any atom is -0.358 e. The van der Waals surface area contributed by atoms with Crippen LogP contribution in [0.1, 0.15) is 26.1 Å². The number of benzene rings is 3. The van der Waals surface area contributed by atoms with Crippen LogP contribution >= 0.6 is 47.0 Å². The Hall–Kier alpha value is -1.51. The fourth-order valence-corrected chi connectivity index (χ4v) is 10.8. The zero-order valence-corrected chi connectivity index (χ0v) is 21.2. The summed E-state index contributed by atoms with van der Waals surface area (Å²) in [4.78, 5) is 10.7. The zero-order valence-electron chi connectivity index (χ0n) is 17.1. The lowest BCUT2D eigenvalue weighted by Crippen LogP contribution is -1.97. The minimum atomic E-state index is -1.23. The summed E-state index contributed by atoms with van der Waals surface area (Å²) in [6, 6.07) is 27.3. The molecule has 0 spiro atoms. The maximum Gasteiger partial charge on any atom is 0.101 e. The maximum absolute atomic E-state index is 13.7. The maximum atomic E-state index is 13.7. The second-order valence-corrected chi connectivity index (χ2v) is 14.2. The van der Waals surface area contributed by atoms with E-state index >= 15 is 0 Å². The molecule has 0 aliphatic carbocycles. The largest absolute Gasteiger partial charge is 0.358 e. The number of nitrogens with one attached hydrogen (secondary N) is 1. The number of hydrogen-bond acceptors (Lipinski definition) is 5. The molecule has 0 saturated carbocycles. The molecular formula is C25H19NOS5. The van der Waals surface area contributed by atoms with Crippen LogP contribution in [-0.2, 0) is 10.8 Å². The first kappa shape index (κ1) is 21.1. The molecule has 4 aromatic rings. The summed E-state index contributed by atoms with van der Waals surface area (Å²) < 4.78 is 14.1. The zero-order chi connectivity index (χ0) is 21.7. The van der Waals surface area contributed by atoms with Crippen LogP contribution in [0.25, 0.3) is 0 Å². The normalized spacial score (nSPS) is 16.8. The van der Waals surface area contributed by atoms with Gasteiger partial charge in [0.1, 0.15) is 4.58 Å².